The minimum Gasteiger partial charge on any atom is -0.491 e. The number of fused-ring (bicyclic) bond motifs is 1. The summed E-state index contributed by atoms with van der Waals surface area (Å²) < 4.78 is 11.6. The highest BCUT2D eigenvalue weighted by Gasteiger charge is 2.27. The van der Waals surface area contributed by atoms with Crippen molar-refractivity contribution < 1.29 is 14.3 Å². The first kappa shape index (κ1) is 17.2. The third-order valence-corrected chi connectivity index (χ3v) is 5.79. The highest BCUT2D eigenvalue weighted by molar-refractivity contribution is 8.15. The third kappa shape index (κ3) is 3.71. The first-order valence-electron chi connectivity index (χ1n) is 7.67. The molecule has 0 spiro atoms. The van der Waals surface area contributed by atoms with Crippen LogP contribution in [0.1, 0.15) is 18.4 Å². The van der Waals surface area contributed by atoms with Crippen LogP contribution >= 0.6 is 23.1 Å². The predicted molar refractivity (Wildman–Crippen MR) is 98.2 cm³/mol. The second kappa shape index (κ2) is 7.50. The van der Waals surface area contributed by atoms with E-state index in [9.17, 15) is 4.79 Å². The summed E-state index contributed by atoms with van der Waals surface area (Å²) in [5, 5.41) is 1.62. The number of rotatable bonds is 6. The molecule has 0 saturated carbocycles. The van der Waals surface area contributed by atoms with Crippen molar-refractivity contribution in [2.75, 3.05) is 19.4 Å². The van der Waals surface area contributed by atoms with Crippen molar-refractivity contribution in [2.45, 2.75) is 25.5 Å². The molecule has 2 heterocycles. The number of nitrogens with two attached hydrogens (primary N) is 1. The fraction of sp³-hybridized carbons (Fsp3) is 0.438. The van der Waals surface area contributed by atoms with Gasteiger partial charge >= 0.3 is 5.97 Å². The number of hydrogen-bond acceptors (Lipinski definition) is 8. The molecule has 2 atom stereocenters. The lowest BCUT2D eigenvalue weighted by atomic mass is 10.2. The number of carbonyl (C=O) groups excluding carboxylic acids is 1. The fourth-order valence-electron chi connectivity index (χ4n) is 2.34. The first-order valence-corrected chi connectivity index (χ1v) is 9.47. The maximum Gasteiger partial charge on any atom is 0.331 e. The van der Waals surface area contributed by atoms with Crippen LogP contribution in [0, 0.1) is 0 Å². The van der Waals surface area contributed by atoms with E-state index in [1.807, 2.05) is 25.1 Å². The van der Waals surface area contributed by atoms with Crippen LogP contribution in [0.15, 0.2) is 23.2 Å². The molecule has 0 aliphatic carbocycles. The van der Waals surface area contributed by atoms with Gasteiger partial charge in [0, 0.05) is 5.75 Å². The van der Waals surface area contributed by atoms with Crippen LogP contribution in [0.4, 0.5) is 0 Å². The van der Waals surface area contributed by atoms with E-state index in [1.54, 1.807) is 11.3 Å². The third-order valence-electron chi connectivity index (χ3n) is 3.58. The fourth-order valence-corrected chi connectivity index (χ4v) is 4.43. The predicted octanol–water partition coefficient (Wildman–Crippen LogP) is 2.45. The van der Waals surface area contributed by atoms with Crippen LogP contribution in [-0.2, 0) is 9.53 Å². The first-order chi connectivity index (χ1) is 11.6. The summed E-state index contributed by atoms with van der Waals surface area (Å²) in [4.78, 5) is 20.6. The zero-order valence-electron chi connectivity index (χ0n) is 13.5. The molecule has 2 N–H and O–H groups in total. The van der Waals surface area contributed by atoms with Crippen LogP contribution in [0.25, 0.3) is 10.2 Å². The van der Waals surface area contributed by atoms with Gasteiger partial charge in [-0.15, -0.1) is 23.1 Å². The second-order valence-electron chi connectivity index (χ2n) is 5.44. The number of ether oxygens (including phenoxy) is 2. The molecule has 6 nitrogen and oxygen atoms in total. The smallest absolute Gasteiger partial charge is 0.331 e. The van der Waals surface area contributed by atoms with Crippen LogP contribution < -0.4 is 10.5 Å². The Labute approximate surface area is 148 Å². The maximum atomic E-state index is 11.6. The van der Waals surface area contributed by atoms with Gasteiger partial charge in [-0.3, -0.25) is 4.99 Å². The topological polar surface area (TPSA) is 86.8 Å². The zero-order valence-corrected chi connectivity index (χ0v) is 15.2. The van der Waals surface area contributed by atoms with Gasteiger partial charge in [-0.25, -0.2) is 9.78 Å². The molecule has 1 aromatic carbocycles. The molecule has 1 aliphatic rings. The van der Waals surface area contributed by atoms with Crippen molar-refractivity contribution in [1.29, 1.82) is 0 Å². The van der Waals surface area contributed by atoms with Gasteiger partial charge in [0.15, 0.2) is 6.04 Å². The van der Waals surface area contributed by atoms with E-state index < -0.39 is 6.04 Å². The summed E-state index contributed by atoms with van der Waals surface area (Å²) in [5.41, 5.74) is 6.45. The zero-order chi connectivity index (χ0) is 17.1. The van der Waals surface area contributed by atoms with E-state index in [0.717, 1.165) is 32.4 Å². The number of esters is 1. The molecule has 1 aromatic heterocycles. The van der Waals surface area contributed by atoms with Crippen LogP contribution in [0.5, 0.6) is 5.75 Å². The van der Waals surface area contributed by atoms with E-state index in [-0.39, 0.29) is 12.1 Å². The monoisotopic (exact) mass is 365 g/mol. The lowest BCUT2D eigenvalue weighted by Gasteiger charge is -2.13. The normalized spacial score (nSPS) is 18.5. The van der Waals surface area contributed by atoms with E-state index in [0.29, 0.717) is 12.3 Å². The van der Waals surface area contributed by atoms with Gasteiger partial charge in [0.1, 0.15) is 15.8 Å². The largest absolute Gasteiger partial charge is 0.491 e. The summed E-state index contributed by atoms with van der Waals surface area (Å²) in [7, 11) is 1.38. The van der Waals surface area contributed by atoms with Gasteiger partial charge < -0.3 is 15.2 Å². The number of nitrogens with zero attached hydrogens (tertiary/aromatic N) is 2. The van der Waals surface area contributed by atoms with Gasteiger partial charge in [-0.2, -0.15) is 0 Å². The minimum atomic E-state index is -0.432. The van der Waals surface area contributed by atoms with Crippen molar-refractivity contribution in [3.05, 3.63) is 23.2 Å². The van der Waals surface area contributed by atoms with Crippen molar-refractivity contribution in [3.63, 3.8) is 0 Å². The molecular formula is C16H19N3O3S2. The number of benzene rings is 1. The van der Waals surface area contributed by atoms with E-state index in [1.165, 1.54) is 18.9 Å². The number of thioether (sulfide) groups is 1. The molecule has 0 bridgehead atoms. The molecule has 1 unspecified atom stereocenters. The lowest BCUT2D eigenvalue weighted by molar-refractivity contribution is -0.141. The highest BCUT2D eigenvalue weighted by atomic mass is 32.2. The molecule has 0 fully saturated rings. The van der Waals surface area contributed by atoms with Crippen molar-refractivity contribution in [2.24, 2.45) is 10.7 Å². The van der Waals surface area contributed by atoms with Crippen LogP contribution in [-0.4, -0.2) is 47.6 Å². The quantitative estimate of drug-likeness (QED) is 0.791. The van der Waals surface area contributed by atoms with Crippen molar-refractivity contribution in [1.82, 2.24) is 4.98 Å². The van der Waals surface area contributed by atoms with Gasteiger partial charge in [0.2, 0.25) is 0 Å². The van der Waals surface area contributed by atoms with Gasteiger partial charge in [0.25, 0.3) is 0 Å². The molecule has 8 heteroatoms. The Morgan fingerprint density at radius 3 is 3.08 bits per heavy atom. The standard InChI is InChI=1S/C16H19N3O3S2/c1-9(5-6-17)22-10-3-4-11-13(7-10)24-15(18-11)14-19-12(8-23-14)16(20)21-2/h3-4,7,9,12H,5-6,8,17H2,1-2H3/t9?,12-/m1/s1. The summed E-state index contributed by atoms with van der Waals surface area (Å²) in [6.45, 7) is 2.61. The molecule has 128 valence electrons. The Balaban J connectivity index is 1.80. The van der Waals surface area contributed by atoms with Crippen molar-refractivity contribution in [3.8, 4) is 5.75 Å². The Morgan fingerprint density at radius 2 is 2.33 bits per heavy atom. The number of carbonyl (C=O) groups is 1. The number of methoxy groups -OCH3 is 1. The van der Waals surface area contributed by atoms with Crippen molar-refractivity contribution >= 4 is 44.3 Å². The Hall–Kier alpha value is -1.64. The van der Waals surface area contributed by atoms with Crippen LogP contribution in [0.3, 0.4) is 0 Å². The van der Waals surface area contributed by atoms with E-state index >= 15 is 0 Å². The number of hydrogen-bond donors (Lipinski definition) is 1. The summed E-state index contributed by atoms with van der Waals surface area (Å²) in [6.07, 6.45) is 0.893. The molecular weight excluding hydrogens is 346 g/mol. The SMILES string of the molecule is COC(=O)[C@H]1CSC(c2nc3ccc(OC(C)CCN)cc3s2)=N1. The molecule has 0 saturated heterocycles. The van der Waals surface area contributed by atoms with E-state index in [2.05, 4.69) is 9.98 Å². The van der Waals surface area contributed by atoms with Gasteiger partial charge in [0.05, 0.1) is 23.4 Å². The molecule has 2 aromatic rings. The highest BCUT2D eigenvalue weighted by Crippen LogP contribution is 2.32. The Bertz CT molecular complexity index is 775. The number of thiazole rings is 1. The Morgan fingerprint density at radius 1 is 1.50 bits per heavy atom. The summed E-state index contributed by atoms with van der Waals surface area (Å²) in [5.74, 6) is 1.11. The average molecular weight is 365 g/mol. The summed E-state index contributed by atoms with van der Waals surface area (Å²) >= 11 is 3.09. The van der Waals surface area contributed by atoms with Crippen LogP contribution in [0.2, 0.25) is 0 Å². The number of aliphatic imine (C=N–C) groups is 1. The lowest BCUT2D eigenvalue weighted by Crippen LogP contribution is -2.19. The minimum absolute atomic E-state index is 0.0791. The molecule has 0 radical (unpaired) electrons. The average Bonchev–Trinajstić information content (AvgIpc) is 3.20. The Kier molecular flexibility index (Phi) is 5.37. The van der Waals surface area contributed by atoms with Gasteiger partial charge in [-0.1, -0.05) is 0 Å². The molecule has 3 rings (SSSR count). The molecule has 0 amide bonds. The summed E-state index contributed by atoms with van der Waals surface area (Å²) in [6, 6.07) is 5.41. The van der Waals surface area contributed by atoms with Gasteiger partial charge in [-0.05, 0) is 38.1 Å². The molecule has 24 heavy (non-hydrogen) atoms. The molecule has 1 aliphatic heterocycles. The second-order valence-corrected chi connectivity index (χ2v) is 7.48. The van der Waals surface area contributed by atoms with E-state index in [4.69, 9.17) is 15.2 Å². The maximum absolute atomic E-state index is 11.6. The number of aromatic nitrogens is 1.